The van der Waals surface area contributed by atoms with Gasteiger partial charge in [0.25, 0.3) is 10.0 Å². The number of ether oxygens (including phenoxy) is 1. The molecule has 3 rings (SSSR count). The van der Waals surface area contributed by atoms with Crippen LogP contribution in [-0.4, -0.2) is 21.0 Å². The van der Waals surface area contributed by atoms with Crippen LogP contribution in [0.15, 0.2) is 67.1 Å². The molecule has 0 unspecified atom stereocenters. The average molecular weight is 452 g/mol. The number of nitrogens with one attached hydrogen (secondary N) is 1. The van der Waals surface area contributed by atoms with Crippen LogP contribution in [0.5, 0.6) is 0 Å². The van der Waals surface area contributed by atoms with Gasteiger partial charge in [0.05, 0.1) is 12.2 Å². The molecular weight excluding hydrogens is 438 g/mol. The van der Waals surface area contributed by atoms with Crippen molar-refractivity contribution in [3.05, 3.63) is 69.0 Å². The monoisotopic (exact) mass is 451 g/mol. The van der Waals surface area contributed by atoms with Crippen molar-refractivity contribution in [1.29, 1.82) is 0 Å². The Bertz CT molecular complexity index is 1190. The van der Waals surface area contributed by atoms with E-state index >= 15 is 0 Å². The van der Waals surface area contributed by atoms with Crippen molar-refractivity contribution in [3.8, 4) is 0 Å². The van der Waals surface area contributed by atoms with E-state index in [1.54, 1.807) is 19.1 Å². The molecular formula is C18H14BrNO6S. The Morgan fingerprint density at radius 1 is 1.15 bits per heavy atom. The molecule has 0 saturated carbocycles. The molecule has 0 aliphatic heterocycles. The number of anilines is 1. The number of esters is 1. The molecule has 0 radical (unpaired) electrons. The second-order valence-electron chi connectivity index (χ2n) is 5.48. The summed E-state index contributed by atoms with van der Waals surface area (Å²) in [7, 11) is -3.92. The Morgan fingerprint density at radius 3 is 2.63 bits per heavy atom. The molecule has 7 nitrogen and oxygen atoms in total. The predicted molar refractivity (Wildman–Crippen MR) is 103 cm³/mol. The molecule has 0 bridgehead atoms. The number of halogens is 1. The molecule has 0 aliphatic carbocycles. The summed E-state index contributed by atoms with van der Waals surface area (Å²) in [5, 5.41) is 0.575. The van der Waals surface area contributed by atoms with E-state index in [-0.39, 0.29) is 21.5 Å². The molecule has 1 aromatic heterocycles. The van der Waals surface area contributed by atoms with Crippen LogP contribution in [0, 0.1) is 0 Å². The largest absolute Gasteiger partial charge is 0.462 e. The van der Waals surface area contributed by atoms with Gasteiger partial charge in [0.2, 0.25) is 0 Å². The molecule has 9 heteroatoms. The molecule has 140 valence electrons. The van der Waals surface area contributed by atoms with Gasteiger partial charge in [-0.2, -0.15) is 0 Å². The lowest BCUT2D eigenvalue weighted by Gasteiger charge is -2.11. The minimum atomic E-state index is -3.92. The quantitative estimate of drug-likeness (QED) is 0.470. The highest BCUT2D eigenvalue weighted by Crippen LogP contribution is 2.27. The minimum Gasteiger partial charge on any atom is -0.462 e. The van der Waals surface area contributed by atoms with Crippen LogP contribution in [0.3, 0.4) is 0 Å². The maximum atomic E-state index is 12.7. The molecule has 3 aromatic rings. The zero-order valence-electron chi connectivity index (χ0n) is 14.1. The molecule has 0 aliphatic rings. The van der Waals surface area contributed by atoms with Crippen molar-refractivity contribution in [2.24, 2.45) is 0 Å². The number of carbonyl (C=O) groups is 1. The average Bonchev–Trinajstić information content (AvgIpc) is 2.61. The molecule has 1 N–H and O–H groups in total. The first-order valence-corrected chi connectivity index (χ1v) is 10.1. The predicted octanol–water partition coefficient (Wildman–Crippen LogP) is 3.53. The summed E-state index contributed by atoms with van der Waals surface area (Å²) in [5.74, 6) is -0.536. The maximum absolute atomic E-state index is 12.7. The number of fused-ring (bicyclic) bond motifs is 1. The highest BCUT2D eigenvalue weighted by molar-refractivity contribution is 9.10. The first-order valence-electron chi connectivity index (χ1n) is 7.83. The summed E-state index contributed by atoms with van der Waals surface area (Å²) < 4.78 is 38.0. The molecule has 0 spiro atoms. The zero-order chi connectivity index (χ0) is 19.6. The van der Waals surface area contributed by atoms with E-state index in [4.69, 9.17) is 9.15 Å². The number of carbonyl (C=O) groups excluding carboxylic acids is 1. The lowest BCUT2D eigenvalue weighted by atomic mass is 10.2. The Labute approximate surface area is 163 Å². The third kappa shape index (κ3) is 4.20. The molecule has 27 heavy (non-hydrogen) atoms. The molecule has 0 atom stereocenters. The normalized spacial score (nSPS) is 11.3. The molecule has 0 amide bonds. The van der Waals surface area contributed by atoms with E-state index in [1.807, 2.05) is 0 Å². The first kappa shape index (κ1) is 19.1. The van der Waals surface area contributed by atoms with Crippen LogP contribution >= 0.6 is 15.9 Å². The SMILES string of the molecule is CCOC(=O)c1ccc(S(=O)(=O)Nc2ccc3oc(=O)ccc3c2)c(Br)c1. The fraction of sp³-hybridized carbons (Fsp3) is 0.111. The van der Waals surface area contributed by atoms with Crippen LogP contribution in [0.25, 0.3) is 11.0 Å². The van der Waals surface area contributed by atoms with Crippen molar-refractivity contribution < 1.29 is 22.4 Å². The molecule has 1 heterocycles. The van der Waals surface area contributed by atoms with Crippen molar-refractivity contribution in [2.45, 2.75) is 11.8 Å². The fourth-order valence-corrected chi connectivity index (χ4v) is 4.53. The summed E-state index contributed by atoms with van der Waals surface area (Å²) in [6.45, 7) is 1.91. The lowest BCUT2D eigenvalue weighted by molar-refractivity contribution is 0.0526. The van der Waals surface area contributed by atoms with Gasteiger partial charge >= 0.3 is 11.6 Å². The van der Waals surface area contributed by atoms with Crippen LogP contribution < -0.4 is 10.3 Å². The summed E-state index contributed by atoms with van der Waals surface area (Å²) in [6.07, 6.45) is 0. The van der Waals surface area contributed by atoms with E-state index in [0.29, 0.717) is 16.7 Å². The Hall–Kier alpha value is -2.65. The van der Waals surface area contributed by atoms with E-state index in [9.17, 15) is 18.0 Å². The van der Waals surface area contributed by atoms with Gasteiger partial charge in [0, 0.05) is 21.6 Å². The van der Waals surface area contributed by atoms with Gasteiger partial charge < -0.3 is 9.15 Å². The van der Waals surface area contributed by atoms with Gasteiger partial charge in [-0.3, -0.25) is 4.72 Å². The highest BCUT2D eigenvalue weighted by atomic mass is 79.9. The van der Waals surface area contributed by atoms with Crippen LogP contribution in [0.4, 0.5) is 5.69 Å². The van der Waals surface area contributed by atoms with Gasteiger partial charge in [-0.1, -0.05) is 0 Å². The van der Waals surface area contributed by atoms with Crippen LogP contribution in [-0.2, 0) is 14.8 Å². The summed E-state index contributed by atoms with van der Waals surface area (Å²) in [6, 6.07) is 11.4. The number of rotatable bonds is 5. The lowest BCUT2D eigenvalue weighted by Crippen LogP contribution is -2.14. The number of hydrogen-bond acceptors (Lipinski definition) is 6. The second kappa shape index (κ2) is 7.53. The van der Waals surface area contributed by atoms with Gasteiger partial charge in [-0.05, 0) is 65.3 Å². The van der Waals surface area contributed by atoms with Crippen molar-refractivity contribution in [1.82, 2.24) is 0 Å². The van der Waals surface area contributed by atoms with Crippen LogP contribution in [0.1, 0.15) is 17.3 Å². The standard InChI is InChI=1S/C18H14BrNO6S/c1-2-25-18(22)12-3-7-16(14(19)10-12)27(23,24)20-13-5-6-15-11(9-13)4-8-17(21)26-15/h3-10,20H,2H2,1H3. The summed E-state index contributed by atoms with van der Waals surface area (Å²) >= 11 is 3.19. The van der Waals surface area contributed by atoms with E-state index in [0.717, 1.165) is 0 Å². The van der Waals surface area contributed by atoms with Crippen molar-refractivity contribution in [2.75, 3.05) is 11.3 Å². The molecule has 0 fully saturated rings. The number of benzene rings is 2. The van der Waals surface area contributed by atoms with E-state index in [2.05, 4.69) is 20.7 Å². The maximum Gasteiger partial charge on any atom is 0.338 e. The van der Waals surface area contributed by atoms with Crippen LogP contribution in [0.2, 0.25) is 0 Å². The minimum absolute atomic E-state index is 0.0322. The van der Waals surface area contributed by atoms with Crippen molar-refractivity contribution >= 4 is 48.6 Å². The first-order chi connectivity index (χ1) is 12.8. The number of hydrogen-bond donors (Lipinski definition) is 1. The third-order valence-electron chi connectivity index (χ3n) is 3.60. The summed E-state index contributed by atoms with van der Waals surface area (Å²) in [5.41, 5.74) is 0.410. The van der Waals surface area contributed by atoms with Crippen molar-refractivity contribution in [3.63, 3.8) is 0 Å². The zero-order valence-corrected chi connectivity index (χ0v) is 16.5. The van der Waals surface area contributed by atoms with Gasteiger partial charge in [0.1, 0.15) is 10.5 Å². The molecule has 2 aromatic carbocycles. The highest BCUT2D eigenvalue weighted by Gasteiger charge is 2.20. The van der Waals surface area contributed by atoms with Gasteiger partial charge in [-0.25, -0.2) is 18.0 Å². The molecule has 0 saturated heterocycles. The van der Waals surface area contributed by atoms with E-state index in [1.165, 1.54) is 36.4 Å². The summed E-state index contributed by atoms with van der Waals surface area (Å²) in [4.78, 5) is 22.9. The number of sulfonamides is 1. The van der Waals surface area contributed by atoms with Gasteiger partial charge in [0.15, 0.2) is 0 Å². The topological polar surface area (TPSA) is 103 Å². The smallest absolute Gasteiger partial charge is 0.338 e. The second-order valence-corrected chi connectivity index (χ2v) is 7.98. The Balaban J connectivity index is 1.91. The fourth-order valence-electron chi connectivity index (χ4n) is 2.41. The Morgan fingerprint density at radius 2 is 1.93 bits per heavy atom. The third-order valence-corrected chi connectivity index (χ3v) is 5.96. The van der Waals surface area contributed by atoms with E-state index < -0.39 is 21.6 Å². The van der Waals surface area contributed by atoms with Gasteiger partial charge in [-0.15, -0.1) is 0 Å². The Kier molecular flexibility index (Phi) is 5.33.